The van der Waals surface area contributed by atoms with Crippen molar-refractivity contribution in [2.24, 2.45) is 0 Å². The van der Waals surface area contributed by atoms with Crippen molar-refractivity contribution in [1.82, 2.24) is 5.32 Å². The van der Waals surface area contributed by atoms with Crippen molar-refractivity contribution in [3.05, 3.63) is 35.4 Å². The monoisotopic (exact) mass is 235 g/mol. The normalized spacial score (nSPS) is 11.5. The van der Waals surface area contributed by atoms with Crippen LogP contribution in [0.5, 0.6) is 0 Å². The molecule has 0 aliphatic heterocycles. The Labute approximate surface area is 103 Å². The zero-order valence-electron chi connectivity index (χ0n) is 10.8. The molecule has 3 heteroatoms. The predicted molar refractivity (Wildman–Crippen MR) is 69.2 cm³/mol. The zero-order valence-corrected chi connectivity index (χ0v) is 10.8. The summed E-state index contributed by atoms with van der Waals surface area (Å²) in [5.74, 6) is -0.821. The van der Waals surface area contributed by atoms with Gasteiger partial charge >= 0.3 is 5.97 Å². The summed E-state index contributed by atoms with van der Waals surface area (Å²) in [5.41, 5.74) is 1.70. The first-order valence-corrected chi connectivity index (χ1v) is 6.02. The third-order valence-corrected chi connectivity index (χ3v) is 2.95. The van der Waals surface area contributed by atoms with Gasteiger partial charge < -0.3 is 10.4 Å². The topological polar surface area (TPSA) is 49.3 Å². The van der Waals surface area contributed by atoms with Gasteiger partial charge in [-0.1, -0.05) is 31.2 Å². The van der Waals surface area contributed by atoms with E-state index in [2.05, 4.69) is 36.5 Å². The van der Waals surface area contributed by atoms with E-state index >= 15 is 0 Å². The molecule has 17 heavy (non-hydrogen) atoms. The molecule has 1 aromatic carbocycles. The molecular weight excluding hydrogens is 214 g/mol. The van der Waals surface area contributed by atoms with E-state index in [0.29, 0.717) is 6.54 Å². The first-order valence-electron chi connectivity index (χ1n) is 6.02. The van der Waals surface area contributed by atoms with E-state index in [4.69, 9.17) is 5.11 Å². The second-order valence-corrected chi connectivity index (χ2v) is 4.78. The number of aryl methyl sites for hydroxylation is 1. The lowest BCUT2D eigenvalue weighted by molar-refractivity contribution is -0.143. The van der Waals surface area contributed by atoms with Gasteiger partial charge in [-0.2, -0.15) is 0 Å². The number of hydrogen-bond acceptors (Lipinski definition) is 2. The van der Waals surface area contributed by atoms with Crippen LogP contribution >= 0.6 is 0 Å². The summed E-state index contributed by atoms with van der Waals surface area (Å²) in [6.45, 7) is 6.15. The Bertz CT molecular complexity index is 368. The van der Waals surface area contributed by atoms with E-state index in [-0.39, 0.29) is 0 Å². The van der Waals surface area contributed by atoms with Crippen LogP contribution in [0.1, 0.15) is 31.9 Å². The van der Waals surface area contributed by atoms with Crippen molar-refractivity contribution < 1.29 is 9.90 Å². The highest BCUT2D eigenvalue weighted by Gasteiger charge is 2.25. The van der Waals surface area contributed by atoms with Crippen LogP contribution < -0.4 is 5.32 Å². The molecule has 0 saturated heterocycles. The maximum atomic E-state index is 10.9. The lowest BCUT2D eigenvalue weighted by Crippen LogP contribution is -2.47. The molecule has 0 bridgehead atoms. The quantitative estimate of drug-likeness (QED) is 0.795. The molecule has 0 saturated carbocycles. The highest BCUT2D eigenvalue weighted by Crippen LogP contribution is 2.06. The van der Waals surface area contributed by atoms with Crippen molar-refractivity contribution in [1.29, 1.82) is 0 Å². The van der Waals surface area contributed by atoms with Gasteiger partial charge in [-0.25, -0.2) is 0 Å². The average Bonchev–Trinajstić information content (AvgIpc) is 2.29. The minimum absolute atomic E-state index is 0.671. The maximum absolute atomic E-state index is 10.9. The molecule has 1 aromatic rings. The van der Waals surface area contributed by atoms with Gasteiger partial charge in [0.2, 0.25) is 0 Å². The maximum Gasteiger partial charge on any atom is 0.323 e. The summed E-state index contributed by atoms with van der Waals surface area (Å²) in [4.78, 5) is 10.9. The SMILES string of the molecule is CCc1ccc(CCNC(C)(C)C(=O)O)cc1. The number of aliphatic carboxylic acids is 1. The Morgan fingerprint density at radius 1 is 1.24 bits per heavy atom. The summed E-state index contributed by atoms with van der Waals surface area (Å²) in [6.07, 6.45) is 1.89. The van der Waals surface area contributed by atoms with Crippen LogP contribution in [0.15, 0.2) is 24.3 Å². The lowest BCUT2D eigenvalue weighted by Gasteiger charge is -2.20. The van der Waals surface area contributed by atoms with E-state index < -0.39 is 11.5 Å². The van der Waals surface area contributed by atoms with Crippen LogP contribution in [0.4, 0.5) is 0 Å². The van der Waals surface area contributed by atoms with Gasteiger partial charge in [-0.15, -0.1) is 0 Å². The molecule has 0 atom stereocenters. The second-order valence-electron chi connectivity index (χ2n) is 4.78. The average molecular weight is 235 g/mol. The van der Waals surface area contributed by atoms with E-state index in [1.165, 1.54) is 11.1 Å². The zero-order chi connectivity index (χ0) is 12.9. The molecule has 94 valence electrons. The molecule has 0 aliphatic rings. The third-order valence-electron chi connectivity index (χ3n) is 2.95. The molecule has 0 heterocycles. The summed E-state index contributed by atoms with van der Waals surface area (Å²) in [6, 6.07) is 8.46. The minimum Gasteiger partial charge on any atom is -0.480 e. The summed E-state index contributed by atoms with van der Waals surface area (Å²) in [5, 5.41) is 12.0. The molecule has 1 rings (SSSR count). The van der Waals surface area contributed by atoms with Gasteiger partial charge in [0, 0.05) is 6.54 Å². The number of carboxylic acid groups (broad SMARTS) is 1. The Morgan fingerprint density at radius 3 is 2.24 bits per heavy atom. The molecule has 0 amide bonds. The van der Waals surface area contributed by atoms with Crippen molar-refractivity contribution in [3.8, 4) is 0 Å². The van der Waals surface area contributed by atoms with E-state index in [1.54, 1.807) is 13.8 Å². The minimum atomic E-state index is -0.858. The van der Waals surface area contributed by atoms with Crippen LogP contribution in [0.2, 0.25) is 0 Å². The van der Waals surface area contributed by atoms with Gasteiger partial charge in [0.15, 0.2) is 0 Å². The third kappa shape index (κ3) is 4.19. The predicted octanol–water partition coefficient (Wildman–Crippen LogP) is 2.24. The molecule has 0 radical (unpaired) electrons. The van der Waals surface area contributed by atoms with Gasteiger partial charge in [0.05, 0.1) is 0 Å². The fourth-order valence-electron chi connectivity index (χ4n) is 1.54. The number of carboxylic acids is 1. The van der Waals surface area contributed by atoms with Gasteiger partial charge in [-0.3, -0.25) is 4.79 Å². The Hall–Kier alpha value is -1.35. The summed E-state index contributed by atoms with van der Waals surface area (Å²) < 4.78 is 0. The van der Waals surface area contributed by atoms with Crippen LogP contribution in [0.25, 0.3) is 0 Å². The lowest BCUT2D eigenvalue weighted by atomic mass is 10.0. The Morgan fingerprint density at radius 2 is 1.76 bits per heavy atom. The Balaban J connectivity index is 2.43. The summed E-state index contributed by atoms with van der Waals surface area (Å²) in [7, 11) is 0. The molecule has 0 unspecified atom stereocenters. The van der Waals surface area contributed by atoms with Crippen LogP contribution in [-0.4, -0.2) is 23.2 Å². The highest BCUT2D eigenvalue weighted by molar-refractivity contribution is 5.77. The van der Waals surface area contributed by atoms with E-state index in [1.807, 2.05) is 0 Å². The smallest absolute Gasteiger partial charge is 0.323 e. The molecule has 0 aromatic heterocycles. The summed E-state index contributed by atoms with van der Waals surface area (Å²) >= 11 is 0. The largest absolute Gasteiger partial charge is 0.480 e. The van der Waals surface area contributed by atoms with Crippen LogP contribution in [0.3, 0.4) is 0 Å². The van der Waals surface area contributed by atoms with Crippen molar-refractivity contribution in [2.45, 2.75) is 39.2 Å². The fraction of sp³-hybridized carbons (Fsp3) is 0.500. The van der Waals surface area contributed by atoms with Gasteiger partial charge in [0.1, 0.15) is 5.54 Å². The van der Waals surface area contributed by atoms with Crippen LogP contribution in [-0.2, 0) is 17.6 Å². The van der Waals surface area contributed by atoms with Crippen molar-refractivity contribution >= 4 is 5.97 Å². The Kier molecular flexibility index (Phi) is 4.70. The number of carbonyl (C=O) groups is 1. The number of hydrogen-bond donors (Lipinski definition) is 2. The fourth-order valence-corrected chi connectivity index (χ4v) is 1.54. The first kappa shape index (κ1) is 13.7. The second kappa shape index (κ2) is 5.82. The van der Waals surface area contributed by atoms with Crippen LogP contribution in [0, 0.1) is 0 Å². The standard InChI is InChI=1S/C14H21NO2/c1-4-11-5-7-12(8-6-11)9-10-15-14(2,3)13(16)17/h5-8,15H,4,9-10H2,1-3H3,(H,16,17). The van der Waals surface area contributed by atoms with Crippen molar-refractivity contribution in [3.63, 3.8) is 0 Å². The number of benzene rings is 1. The molecule has 0 fully saturated rings. The molecule has 2 N–H and O–H groups in total. The highest BCUT2D eigenvalue weighted by atomic mass is 16.4. The molecule has 0 spiro atoms. The molecule has 0 aliphatic carbocycles. The number of nitrogens with one attached hydrogen (secondary N) is 1. The molecular formula is C14H21NO2. The first-order chi connectivity index (χ1) is 7.95. The van der Waals surface area contributed by atoms with Gasteiger partial charge in [0.25, 0.3) is 0 Å². The van der Waals surface area contributed by atoms with Crippen molar-refractivity contribution in [2.75, 3.05) is 6.54 Å². The molecule has 3 nitrogen and oxygen atoms in total. The van der Waals surface area contributed by atoms with Gasteiger partial charge in [-0.05, 0) is 37.8 Å². The van der Waals surface area contributed by atoms with E-state index in [0.717, 1.165) is 12.8 Å². The number of rotatable bonds is 6. The van der Waals surface area contributed by atoms with E-state index in [9.17, 15) is 4.79 Å².